The van der Waals surface area contributed by atoms with Crippen LogP contribution in [0.4, 0.5) is 5.69 Å². The van der Waals surface area contributed by atoms with Crippen molar-refractivity contribution in [1.82, 2.24) is 20.0 Å². The summed E-state index contributed by atoms with van der Waals surface area (Å²) in [5, 5.41) is 10.5. The molecule has 2 heterocycles. The Bertz CT molecular complexity index is 838. The average Bonchev–Trinajstić information content (AvgIpc) is 2.94. The topological polar surface area (TPSA) is 79.3 Å². The molecule has 28 heavy (non-hydrogen) atoms. The summed E-state index contributed by atoms with van der Waals surface area (Å²) in [7, 11) is 1.87. The third-order valence-electron chi connectivity index (χ3n) is 5.59. The summed E-state index contributed by atoms with van der Waals surface area (Å²) in [6.45, 7) is 7.33. The third kappa shape index (κ3) is 4.42. The van der Waals surface area contributed by atoms with E-state index in [1.807, 2.05) is 58.2 Å². The van der Waals surface area contributed by atoms with Crippen molar-refractivity contribution in [1.29, 1.82) is 0 Å². The Balaban J connectivity index is 1.51. The summed E-state index contributed by atoms with van der Waals surface area (Å²) in [5.74, 6) is -0.0571. The van der Waals surface area contributed by atoms with Gasteiger partial charge in [0.1, 0.15) is 0 Å². The number of amides is 2. The molecule has 2 amide bonds. The number of aromatic nitrogens is 2. The van der Waals surface area contributed by atoms with Crippen LogP contribution in [0.25, 0.3) is 0 Å². The number of hydrogen-bond acceptors (Lipinski definition) is 4. The van der Waals surface area contributed by atoms with Crippen LogP contribution in [0.1, 0.15) is 41.5 Å². The SMILES string of the molecule is Cc1nn(C)c(C)c1NC(=O)C(C)N1CCC(NC(=O)c2ccccc2)CC1. The first-order chi connectivity index (χ1) is 13.4. The van der Waals surface area contributed by atoms with Crippen molar-refractivity contribution < 1.29 is 9.59 Å². The van der Waals surface area contributed by atoms with Gasteiger partial charge in [-0.3, -0.25) is 19.2 Å². The van der Waals surface area contributed by atoms with E-state index in [9.17, 15) is 9.59 Å². The van der Waals surface area contributed by atoms with Crippen molar-refractivity contribution in [3.05, 3.63) is 47.3 Å². The largest absolute Gasteiger partial charge is 0.349 e. The minimum atomic E-state index is -0.232. The Hall–Kier alpha value is -2.67. The van der Waals surface area contributed by atoms with Crippen LogP contribution in [0.15, 0.2) is 30.3 Å². The Kier molecular flexibility index (Phi) is 6.14. The summed E-state index contributed by atoms with van der Waals surface area (Å²) in [5.41, 5.74) is 3.24. The number of anilines is 1. The number of carbonyl (C=O) groups excluding carboxylic acids is 2. The standard InChI is InChI=1S/C21H29N5O2/c1-14-19(15(2)25(4)24-14)23-20(27)16(3)26-12-10-18(11-13-26)22-21(28)17-8-6-5-7-9-17/h5-9,16,18H,10-13H2,1-4H3,(H,22,28)(H,23,27). The molecule has 1 saturated heterocycles. The Morgan fingerprint density at radius 2 is 1.79 bits per heavy atom. The first kappa shape index (κ1) is 20.1. The molecule has 0 bridgehead atoms. The van der Waals surface area contributed by atoms with Crippen LogP contribution in [0.5, 0.6) is 0 Å². The highest BCUT2D eigenvalue weighted by atomic mass is 16.2. The van der Waals surface area contributed by atoms with Crippen molar-refractivity contribution in [3.63, 3.8) is 0 Å². The van der Waals surface area contributed by atoms with E-state index in [1.165, 1.54) is 0 Å². The molecular formula is C21H29N5O2. The molecule has 1 aliphatic heterocycles. The Morgan fingerprint density at radius 3 is 2.36 bits per heavy atom. The highest BCUT2D eigenvalue weighted by molar-refractivity contribution is 5.95. The number of benzene rings is 1. The Labute approximate surface area is 166 Å². The predicted molar refractivity (Wildman–Crippen MR) is 109 cm³/mol. The van der Waals surface area contributed by atoms with Gasteiger partial charge in [0.2, 0.25) is 5.91 Å². The predicted octanol–water partition coefficient (Wildman–Crippen LogP) is 2.26. The number of hydrogen-bond donors (Lipinski definition) is 2. The Morgan fingerprint density at radius 1 is 1.14 bits per heavy atom. The fraction of sp³-hybridized carbons (Fsp3) is 0.476. The normalized spacial score (nSPS) is 16.6. The lowest BCUT2D eigenvalue weighted by Gasteiger charge is -2.35. The molecule has 150 valence electrons. The maximum atomic E-state index is 12.7. The van der Waals surface area contributed by atoms with E-state index in [1.54, 1.807) is 4.68 Å². The van der Waals surface area contributed by atoms with Gasteiger partial charge in [0, 0.05) is 31.7 Å². The fourth-order valence-corrected chi connectivity index (χ4v) is 3.64. The molecule has 0 saturated carbocycles. The van der Waals surface area contributed by atoms with E-state index >= 15 is 0 Å². The molecule has 1 aliphatic rings. The maximum absolute atomic E-state index is 12.7. The molecule has 7 nitrogen and oxygen atoms in total. The minimum absolute atomic E-state index is 0.0222. The van der Waals surface area contributed by atoms with Crippen LogP contribution in [0.3, 0.4) is 0 Å². The van der Waals surface area contributed by atoms with Gasteiger partial charge in [0.15, 0.2) is 0 Å². The van der Waals surface area contributed by atoms with Gasteiger partial charge in [-0.25, -0.2) is 0 Å². The number of nitrogens with one attached hydrogen (secondary N) is 2. The lowest BCUT2D eigenvalue weighted by molar-refractivity contribution is -0.121. The van der Waals surface area contributed by atoms with Crippen molar-refractivity contribution in [2.24, 2.45) is 7.05 Å². The van der Waals surface area contributed by atoms with Crippen LogP contribution >= 0.6 is 0 Å². The van der Waals surface area contributed by atoms with Crippen LogP contribution < -0.4 is 10.6 Å². The zero-order chi connectivity index (χ0) is 20.3. The second-order valence-electron chi connectivity index (χ2n) is 7.48. The van der Waals surface area contributed by atoms with Gasteiger partial charge in [0.05, 0.1) is 23.1 Å². The smallest absolute Gasteiger partial charge is 0.251 e. The van der Waals surface area contributed by atoms with Crippen LogP contribution in [-0.4, -0.2) is 51.7 Å². The second-order valence-corrected chi connectivity index (χ2v) is 7.48. The molecule has 7 heteroatoms. The number of piperidine rings is 1. The van der Waals surface area contributed by atoms with Crippen LogP contribution in [0, 0.1) is 13.8 Å². The second kappa shape index (κ2) is 8.56. The van der Waals surface area contributed by atoms with E-state index in [0.29, 0.717) is 5.56 Å². The monoisotopic (exact) mass is 383 g/mol. The van der Waals surface area contributed by atoms with E-state index in [0.717, 1.165) is 43.0 Å². The number of aryl methyl sites for hydroxylation is 2. The highest BCUT2D eigenvalue weighted by Gasteiger charge is 2.28. The number of likely N-dealkylation sites (tertiary alicyclic amines) is 1. The molecule has 1 atom stereocenters. The van der Waals surface area contributed by atoms with Gasteiger partial charge in [-0.2, -0.15) is 5.10 Å². The molecule has 3 rings (SSSR count). The highest BCUT2D eigenvalue weighted by Crippen LogP contribution is 2.20. The number of nitrogens with zero attached hydrogens (tertiary/aromatic N) is 3. The molecule has 1 aromatic heterocycles. The first-order valence-electron chi connectivity index (χ1n) is 9.78. The van der Waals surface area contributed by atoms with Gasteiger partial charge >= 0.3 is 0 Å². The summed E-state index contributed by atoms with van der Waals surface area (Å²) in [4.78, 5) is 27.2. The van der Waals surface area contributed by atoms with Crippen molar-refractivity contribution in [3.8, 4) is 0 Å². The van der Waals surface area contributed by atoms with E-state index in [2.05, 4.69) is 20.6 Å². The summed E-state index contributed by atoms with van der Waals surface area (Å²) < 4.78 is 1.77. The van der Waals surface area contributed by atoms with Gasteiger partial charge < -0.3 is 10.6 Å². The van der Waals surface area contributed by atoms with Crippen LogP contribution in [0.2, 0.25) is 0 Å². The van der Waals surface area contributed by atoms with Crippen molar-refractivity contribution >= 4 is 17.5 Å². The average molecular weight is 383 g/mol. The molecule has 1 fully saturated rings. The molecule has 2 aromatic rings. The van der Waals surface area contributed by atoms with Gasteiger partial charge in [0.25, 0.3) is 5.91 Å². The zero-order valence-corrected chi connectivity index (χ0v) is 17.0. The molecule has 0 aliphatic carbocycles. The van der Waals surface area contributed by atoms with Crippen molar-refractivity contribution in [2.45, 2.75) is 45.7 Å². The summed E-state index contributed by atoms with van der Waals surface area (Å²) >= 11 is 0. The fourth-order valence-electron chi connectivity index (χ4n) is 3.64. The van der Waals surface area contributed by atoms with Gasteiger partial charge in [-0.05, 0) is 45.7 Å². The lowest BCUT2D eigenvalue weighted by Crippen LogP contribution is -2.50. The quantitative estimate of drug-likeness (QED) is 0.830. The molecule has 2 N–H and O–H groups in total. The summed E-state index contributed by atoms with van der Waals surface area (Å²) in [6, 6.07) is 9.17. The minimum Gasteiger partial charge on any atom is -0.349 e. The van der Waals surface area contributed by atoms with Crippen LogP contribution in [-0.2, 0) is 11.8 Å². The lowest BCUT2D eigenvalue weighted by atomic mass is 10.0. The third-order valence-corrected chi connectivity index (χ3v) is 5.59. The number of carbonyl (C=O) groups is 2. The van der Waals surface area contributed by atoms with Gasteiger partial charge in [-0.15, -0.1) is 0 Å². The molecule has 0 spiro atoms. The molecular weight excluding hydrogens is 354 g/mol. The maximum Gasteiger partial charge on any atom is 0.251 e. The van der Waals surface area contributed by atoms with E-state index < -0.39 is 0 Å². The van der Waals surface area contributed by atoms with E-state index in [-0.39, 0.29) is 23.9 Å². The molecule has 1 aromatic carbocycles. The molecule has 1 unspecified atom stereocenters. The zero-order valence-electron chi connectivity index (χ0n) is 17.0. The summed E-state index contributed by atoms with van der Waals surface area (Å²) in [6.07, 6.45) is 1.67. The van der Waals surface area contributed by atoms with Crippen molar-refractivity contribution in [2.75, 3.05) is 18.4 Å². The van der Waals surface area contributed by atoms with E-state index in [4.69, 9.17) is 0 Å². The number of rotatable bonds is 5. The van der Waals surface area contributed by atoms with Gasteiger partial charge in [-0.1, -0.05) is 18.2 Å². The first-order valence-corrected chi connectivity index (χ1v) is 9.78. The molecule has 0 radical (unpaired) electrons.